The Hall–Kier alpha value is -1.88. The van der Waals surface area contributed by atoms with Gasteiger partial charge in [0, 0.05) is 18.6 Å². The summed E-state index contributed by atoms with van der Waals surface area (Å²) in [7, 11) is 0. The second-order valence-corrected chi connectivity index (χ2v) is 5.69. The molecule has 0 radical (unpaired) electrons. The van der Waals surface area contributed by atoms with E-state index in [0.29, 0.717) is 12.6 Å². The summed E-state index contributed by atoms with van der Waals surface area (Å²) in [4.78, 5) is 4.25. The van der Waals surface area contributed by atoms with Crippen molar-refractivity contribution >= 4 is 0 Å². The molecule has 0 aliphatic rings. The van der Waals surface area contributed by atoms with Gasteiger partial charge in [0.2, 0.25) is 0 Å². The molecule has 5 nitrogen and oxygen atoms in total. The zero-order valence-electron chi connectivity index (χ0n) is 13.2. The van der Waals surface area contributed by atoms with Crippen molar-refractivity contribution in [3.63, 3.8) is 0 Å². The van der Waals surface area contributed by atoms with E-state index in [0.717, 1.165) is 18.1 Å². The zero-order valence-corrected chi connectivity index (χ0v) is 13.2. The van der Waals surface area contributed by atoms with E-state index in [2.05, 4.69) is 55.2 Å². The van der Waals surface area contributed by atoms with Crippen molar-refractivity contribution < 1.29 is 4.74 Å². The molecule has 2 aromatic rings. The number of aromatic nitrogens is 3. The van der Waals surface area contributed by atoms with E-state index in [-0.39, 0.29) is 6.04 Å². The van der Waals surface area contributed by atoms with Gasteiger partial charge in [0.25, 0.3) is 0 Å². The SMILES string of the molecule is CC(C)NCc1cccc(OCc2ncnn2C(C)C)c1. The first-order valence-electron chi connectivity index (χ1n) is 7.39. The van der Waals surface area contributed by atoms with Gasteiger partial charge in [-0.3, -0.25) is 0 Å². The highest BCUT2D eigenvalue weighted by molar-refractivity contribution is 5.28. The summed E-state index contributed by atoms with van der Waals surface area (Å²) in [5, 5.41) is 7.61. The molecule has 21 heavy (non-hydrogen) atoms. The van der Waals surface area contributed by atoms with Gasteiger partial charge in [0.15, 0.2) is 5.82 Å². The van der Waals surface area contributed by atoms with Gasteiger partial charge in [0.1, 0.15) is 18.7 Å². The number of benzene rings is 1. The molecule has 0 fully saturated rings. The lowest BCUT2D eigenvalue weighted by atomic mass is 10.2. The maximum atomic E-state index is 5.84. The number of ether oxygens (including phenoxy) is 1. The molecule has 0 atom stereocenters. The fourth-order valence-electron chi connectivity index (χ4n) is 2.02. The molecule has 1 heterocycles. The Kier molecular flexibility index (Phi) is 5.33. The van der Waals surface area contributed by atoms with Gasteiger partial charge in [-0.05, 0) is 31.5 Å². The zero-order chi connectivity index (χ0) is 15.2. The first-order chi connectivity index (χ1) is 10.1. The molecular formula is C16H24N4O. The fraction of sp³-hybridized carbons (Fsp3) is 0.500. The molecule has 2 rings (SSSR count). The summed E-state index contributed by atoms with van der Waals surface area (Å²) in [5.74, 6) is 1.70. The van der Waals surface area contributed by atoms with Crippen LogP contribution in [0.4, 0.5) is 0 Å². The van der Waals surface area contributed by atoms with Crippen LogP contribution in [0, 0.1) is 0 Å². The van der Waals surface area contributed by atoms with Gasteiger partial charge in [-0.2, -0.15) is 5.10 Å². The first-order valence-corrected chi connectivity index (χ1v) is 7.39. The van der Waals surface area contributed by atoms with Gasteiger partial charge in [-0.15, -0.1) is 0 Å². The van der Waals surface area contributed by atoms with Gasteiger partial charge in [-0.1, -0.05) is 26.0 Å². The van der Waals surface area contributed by atoms with E-state index in [4.69, 9.17) is 4.74 Å². The molecule has 0 unspecified atom stereocenters. The third-order valence-electron chi connectivity index (χ3n) is 3.12. The van der Waals surface area contributed by atoms with E-state index in [1.165, 1.54) is 5.56 Å². The smallest absolute Gasteiger partial charge is 0.165 e. The minimum atomic E-state index is 0.285. The molecule has 0 aliphatic carbocycles. The van der Waals surface area contributed by atoms with Crippen LogP contribution in [-0.4, -0.2) is 20.8 Å². The normalized spacial score (nSPS) is 11.3. The Morgan fingerprint density at radius 3 is 2.76 bits per heavy atom. The summed E-state index contributed by atoms with van der Waals surface area (Å²) < 4.78 is 7.72. The summed E-state index contributed by atoms with van der Waals surface area (Å²) in [5.41, 5.74) is 1.21. The number of hydrogen-bond acceptors (Lipinski definition) is 4. The Morgan fingerprint density at radius 2 is 2.05 bits per heavy atom. The molecule has 0 saturated heterocycles. The monoisotopic (exact) mass is 288 g/mol. The molecule has 5 heteroatoms. The largest absolute Gasteiger partial charge is 0.486 e. The molecule has 0 aliphatic heterocycles. The Balaban J connectivity index is 1.96. The Morgan fingerprint density at radius 1 is 1.24 bits per heavy atom. The third-order valence-corrected chi connectivity index (χ3v) is 3.12. The summed E-state index contributed by atoms with van der Waals surface area (Å²) in [6.45, 7) is 9.71. The lowest BCUT2D eigenvalue weighted by molar-refractivity contribution is 0.282. The lowest BCUT2D eigenvalue weighted by Gasteiger charge is -2.12. The highest BCUT2D eigenvalue weighted by atomic mass is 16.5. The van der Waals surface area contributed by atoms with Gasteiger partial charge >= 0.3 is 0 Å². The molecule has 1 aromatic heterocycles. The molecule has 1 N–H and O–H groups in total. The number of nitrogens with one attached hydrogen (secondary N) is 1. The topological polar surface area (TPSA) is 52.0 Å². The van der Waals surface area contributed by atoms with E-state index in [1.807, 2.05) is 16.8 Å². The average Bonchev–Trinajstić information content (AvgIpc) is 2.92. The number of rotatable bonds is 7. The molecule has 0 amide bonds. The van der Waals surface area contributed by atoms with E-state index in [1.54, 1.807) is 6.33 Å². The summed E-state index contributed by atoms with van der Waals surface area (Å²) >= 11 is 0. The van der Waals surface area contributed by atoms with Crippen LogP contribution in [0.25, 0.3) is 0 Å². The average molecular weight is 288 g/mol. The lowest BCUT2D eigenvalue weighted by Crippen LogP contribution is -2.21. The fourth-order valence-corrected chi connectivity index (χ4v) is 2.02. The van der Waals surface area contributed by atoms with E-state index in [9.17, 15) is 0 Å². The minimum Gasteiger partial charge on any atom is -0.486 e. The van der Waals surface area contributed by atoms with Gasteiger partial charge in [0.05, 0.1) is 0 Å². The summed E-state index contributed by atoms with van der Waals surface area (Å²) in [6.07, 6.45) is 1.57. The Labute approximate surface area is 126 Å². The van der Waals surface area contributed by atoms with Gasteiger partial charge < -0.3 is 10.1 Å². The minimum absolute atomic E-state index is 0.285. The van der Waals surface area contributed by atoms with Crippen molar-refractivity contribution in [2.24, 2.45) is 0 Å². The van der Waals surface area contributed by atoms with Crippen LogP contribution in [0.3, 0.4) is 0 Å². The highest BCUT2D eigenvalue weighted by Crippen LogP contribution is 2.15. The van der Waals surface area contributed by atoms with Crippen LogP contribution in [-0.2, 0) is 13.2 Å². The standard InChI is InChI=1S/C16H24N4O/c1-12(2)17-9-14-6-5-7-15(8-14)21-10-16-18-11-19-20(16)13(3)4/h5-8,11-13,17H,9-10H2,1-4H3. The van der Waals surface area contributed by atoms with Crippen molar-refractivity contribution in [3.8, 4) is 5.75 Å². The molecule has 0 saturated carbocycles. The van der Waals surface area contributed by atoms with Crippen LogP contribution < -0.4 is 10.1 Å². The van der Waals surface area contributed by atoms with Crippen molar-refractivity contribution in [2.75, 3.05) is 0 Å². The van der Waals surface area contributed by atoms with E-state index < -0.39 is 0 Å². The second-order valence-electron chi connectivity index (χ2n) is 5.69. The predicted octanol–water partition coefficient (Wildman–Crippen LogP) is 2.94. The van der Waals surface area contributed by atoms with Gasteiger partial charge in [-0.25, -0.2) is 9.67 Å². The molecule has 1 aromatic carbocycles. The van der Waals surface area contributed by atoms with Crippen LogP contribution in [0.5, 0.6) is 5.75 Å². The van der Waals surface area contributed by atoms with Crippen molar-refractivity contribution in [1.29, 1.82) is 0 Å². The quantitative estimate of drug-likeness (QED) is 0.851. The third kappa shape index (κ3) is 4.56. The van der Waals surface area contributed by atoms with Crippen LogP contribution in [0.15, 0.2) is 30.6 Å². The molecule has 0 spiro atoms. The molecular weight excluding hydrogens is 264 g/mol. The number of nitrogens with zero attached hydrogens (tertiary/aromatic N) is 3. The Bertz CT molecular complexity index is 563. The van der Waals surface area contributed by atoms with E-state index >= 15 is 0 Å². The predicted molar refractivity (Wildman–Crippen MR) is 83.2 cm³/mol. The van der Waals surface area contributed by atoms with Crippen LogP contribution >= 0.6 is 0 Å². The van der Waals surface area contributed by atoms with Crippen molar-refractivity contribution in [3.05, 3.63) is 42.0 Å². The highest BCUT2D eigenvalue weighted by Gasteiger charge is 2.08. The van der Waals surface area contributed by atoms with Crippen molar-refractivity contribution in [1.82, 2.24) is 20.1 Å². The first kappa shape index (κ1) is 15.5. The number of hydrogen-bond donors (Lipinski definition) is 1. The van der Waals surface area contributed by atoms with Crippen molar-refractivity contribution in [2.45, 2.75) is 52.9 Å². The maximum Gasteiger partial charge on any atom is 0.165 e. The van der Waals surface area contributed by atoms with Crippen LogP contribution in [0.1, 0.15) is 45.1 Å². The molecule has 0 bridgehead atoms. The summed E-state index contributed by atoms with van der Waals surface area (Å²) in [6, 6.07) is 8.89. The van der Waals surface area contributed by atoms with Crippen LogP contribution in [0.2, 0.25) is 0 Å². The maximum absolute atomic E-state index is 5.84. The molecule has 114 valence electrons. The second kappa shape index (κ2) is 7.22.